The summed E-state index contributed by atoms with van der Waals surface area (Å²) in [5.41, 5.74) is 6.14. The molecule has 2 amide bonds. The van der Waals surface area contributed by atoms with Crippen LogP contribution < -0.4 is 10.6 Å². The Bertz CT molecular complexity index is 1700. The number of methoxy groups -OCH3 is 1. The van der Waals surface area contributed by atoms with Crippen LogP contribution in [0.5, 0.6) is 0 Å². The number of aromatic amines is 2. The molecule has 1 spiro atoms. The molecule has 3 atom stereocenters. The van der Waals surface area contributed by atoms with Gasteiger partial charge in [0.05, 0.1) is 62.7 Å². The molecule has 7 rings (SSSR count). The van der Waals surface area contributed by atoms with Crippen molar-refractivity contribution >= 4 is 12.0 Å². The van der Waals surface area contributed by atoms with E-state index in [9.17, 15) is 9.59 Å². The SMILES string of the molecule is COC(=O)N[C@H](C(=O)N1CC2(CC1c1ncc(-c3ccc(-c4ccc(-c5cnc(C6CCCN6)[nH]5)cc4)cc3)[nH]1)OCCO2)C(C)C. The van der Waals surface area contributed by atoms with E-state index in [1.165, 1.54) is 13.5 Å². The maximum atomic E-state index is 13.9. The number of likely N-dealkylation sites (tertiary alicyclic amines) is 1. The van der Waals surface area contributed by atoms with Crippen LogP contribution in [0.1, 0.15) is 56.8 Å². The second kappa shape index (κ2) is 12.9. The number of carbonyl (C=O) groups excluding carboxylic acids is 2. The van der Waals surface area contributed by atoms with E-state index < -0.39 is 24.0 Å². The number of alkyl carbamates (subject to hydrolysis) is 1. The second-order valence-electron chi connectivity index (χ2n) is 12.8. The third kappa shape index (κ3) is 6.28. The van der Waals surface area contributed by atoms with Gasteiger partial charge in [0.15, 0.2) is 5.79 Å². The highest BCUT2D eigenvalue weighted by atomic mass is 16.7. The zero-order valence-corrected chi connectivity index (χ0v) is 26.9. The van der Waals surface area contributed by atoms with E-state index >= 15 is 0 Å². The van der Waals surface area contributed by atoms with Gasteiger partial charge in [0.2, 0.25) is 5.91 Å². The van der Waals surface area contributed by atoms with Gasteiger partial charge in [-0.2, -0.15) is 0 Å². The Hall–Kier alpha value is -4.52. The van der Waals surface area contributed by atoms with Gasteiger partial charge in [0, 0.05) is 6.42 Å². The topological polar surface area (TPSA) is 146 Å². The zero-order chi connectivity index (χ0) is 32.5. The summed E-state index contributed by atoms with van der Waals surface area (Å²) in [5, 5.41) is 6.18. The summed E-state index contributed by atoms with van der Waals surface area (Å²) >= 11 is 0. The van der Waals surface area contributed by atoms with Gasteiger partial charge in [0.1, 0.15) is 17.7 Å². The number of hydrogen-bond donors (Lipinski definition) is 4. The van der Waals surface area contributed by atoms with Gasteiger partial charge in [-0.25, -0.2) is 14.8 Å². The lowest BCUT2D eigenvalue weighted by atomic mass is 10.0. The zero-order valence-electron chi connectivity index (χ0n) is 26.9. The number of aromatic nitrogens is 4. The van der Waals surface area contributed by atoms with Crippen LogP contribution in [0.2, 0.25) is 0 Å². The van der Waals surface area contributed by atoms with E-state index in [2.05, 4.69) is 74.1 Å². The molecule has 2 aromatic heterocycles. The summed E-state index contributed by atoms with van der Waals surface area (Å²) in [5.74, 6) is 0.336. The summed E-state index contributed by atoms with van der Waals surface area (Å²) in [6.45, 7) is 5.97. The monoisotopic (exact) mass is 639 g/mol. The number of nitrogens with zero attached hydrogens (tertiary/aromatic N) is 3. The Balaban J connectivity index is 1.07. The van der Waals surface area contributed by atoms with Crippen LogP contribution in [-0.2, 0) is 19.0 Å². The second-order valence-corrected chi connectivity index (χ2v) is 12.8. The van der Waals surface area contributed by atoms with Crippen LogP contribution in [0, 0.1) is 5.92 Å². The van der Waals surface area contributed by atoms with Crippen LogP contribution in [0.15, 0.2) is 60.9 Å². The summed E-state index contributed by atoms with van der Waals surface area (Å²) < 4.78 is 16.8. The standard InChI is InChI=1S/C35H41N7O5/c1-21(2)30(41-34(44)45-3)33(43)42-20-35(46-15-16-47-35)17-29(42)32-38-19-28(40-32)25-12-8-23(9-13-25)22-6-10-24(11-7-22)27-18-37-31(39-27)26-5-4-14-36-26/h6-13,18-19,21,26,29-30,36H,4-5,14-17,20H2,1-3H3,(H,37,39)(H,38,40)(H,41,44)/t26?,29?,30-/m0/s1. The molecule has 0 bridgehead atoms. The lowest BCUT2D eigenvalue weighted by molar-refractivity contribution is -0.153. The minimum absolute atomic E-state index is 0.163. The molecule has 0 aliphatic carbocycles. The fourth-order valence-corrected chi connectivity index (χ4v) is 6.81. The van der Waals surface area contributed by atoms with Crippen molar-refractivity contribution in [2.75, 3.05) is 33.4 Å². The van der Waals surface area contributed by atoms with Gasteiger partial charge >= 0.3 is 6.09 Å². The number of benzene rings is 2. The molecule has 3 aliphatic heterocycles. The highest BCUT2D eigenvalue weighted by Crippen LogP contribution is 2.42. The van der Waals surface area contributed by atoms with Gasteiger partial charge in [-0.15, -0.1) is 0 Å². The normalized spacial score (nSPS) is 21.1. The number of ether oxygens (including phenoxy) is 3. The Labute approximate surface area is 273 Å². The molecule has 47 heavy (non-hydrogen) atoms. The van der Waals surface area contributed by atoms with E-state index in [1.54, 1.807) is 11.1 Å². The molecule has 3 fully saturated rings. The predicted molar refractivity (Wildman–Crippen MR) is 175 cm³/mol. The van der Waals surface area contributed by atoms with Crippen molar-refractivity contribution in [2.24, 2.45) is 5.92 Å². The Morgan fingerprint density at radius 3 is 2.04 bits per heavy atom. The Kier molecular flexibility index (Phi) is 8.56. The largest absolute Gasteiger partial charge is 0.453 e. The van der Waals surface area contributed by atoms with E-state index in [0.717, 1.165) is 52.4 Å². The first-order valence-electron chi connectivity index (χ1n) is 16.3. The first kappa shape index (κ1) is 31.1. The van der Waals surface area contributed by atoms with Crippen LogP contribution in [0.4, 0.5) is 4.79 Å². The van der Waals surface area contributed by atoms with Crippen molar-refractivity contribution in [3.05, 3.63) is 72.6 Å². The van der Waals surface area contributed by atoms with Gasteiger partial charge in [0.25, 0.3) is 0 Å². The number of carbonyl (C=O) groups is 2. The molecule has 3 saturated heterocycles. The molecule has 12 heteroatoms. The Morgan fingerprint density at radius 2 is 1.49 bits per heavy atom. The molecule has 2 unspecified atom stereocenters. The molecule has 246 valence electrons. The molecule has 4 aromatic rings. The summed E-state index contributed by atoms with van der Waals surface area (Å²) in [4.78, 5) is 43.9. The predicted octanol–water partition coefficient (Wildman–Crippen LogP) is 4.96. The first-order chi connectivity index (χ1) is 22.8. The fraction of sp³-hybridized carbons (Fsp3) is 0.429. The van der Waals surface area contributed by atoms with E-state index in [0.29, 0.717) is 31.5 Å². The average molecular weight is 640 g/mol. The number of amides is 2. The number of rotatable bonds is 8. The highest BCUT2D eigenvalue weighted by molar-refractivity contribution is 5.86. The smallest absolute Gasteiger partial charge is 0.407 e. The quantitative estimate of drug-likeness (QED) is 0.212. The number of H-pyrrole nitrogens is 2. The van der Waals surface area contributed by atoms with Gasteiger partial charge in [-0.1, -0.05) is 62.4 Å². The van der Waals surface area contributed by atoms with Gasteiger partial charge in [-0.3, -0.25) is 4.79 Å². The lowest BCUT2D eigenvalue weighted by Crippen LogP contribution is -2.52. The third-order valence-electron chi connectivity index (χ3n) is 9.40. The van der Waals surface area contributed by atoms with E-state index in [-0.39, 0.29) is 18.4 Å². The molecular formula is C35H41N7O5. The maximum Gasteiger partial charge on any atom is 0.407 e. The molecule has 3 aliphatic rings. The number of imidazole rings is 2. The number of nitrogens with one attached hydrogen (secondary N) is 4. The number of hydrogen-bond acceptors (Lipinski definition) is 8. The van der Waals surface area contributed by atoms with E-state index in [4.69, 9.17) is 19.2 Å². The van der Waals surface area contributed by atoms with Crippen molar-refractivity contribution in [3.63, 3.8) is 0 Å². The van der Waals surface area contributed by atoms with Crippen LogP contribution in [0.3, 0.4) is 0 Å². The molecule has 5 heterocycles. The molecule has 4 N–H and O–H groups in total. The average Bonchev–Trinajstić information content (AvgIpc) is 3.94. The first-order valence-corrected chi connectivity index (χ1v) is 16.3. The summed E-state index contributed by atoms with van der Waals surface area (Å²) in [6.07, 6.45) is 5.77. The van der Waals surface area contributed by atoms with Crippen LogP contribution in [-0.4, -0.2) is 82.1 Å². The molecule has 0 radical (unpaired) electrons. The van der Waals surface area contributed by atoms with Crippen molar-refractivity contribution in [1.29, 1.82) is 0 Å². The van der Waals surface area contributed by atoms with E-state index in [1.807, 2.05) is 20.0 Å². The van der Waals surface area contributed by atoms with Crippen molar-refractivity contribution in [1.82, 2.24) is 35.5 Å². The molecule has 12 nitrogen and oxygen atoms in total. The highest BCUT2D eigenvalue weighted by Gasteiger charge is 2.52. The van der Waals surface area contributed by atoms with Crippen molar-refractivity contribution < 1.29 is 23.8 Å². The van der Waals surface area contributed by atoms with Gasteiger partial charge in [-0.05, 0) is 47.6 Å². The summed E-state index contributed by atoms with van der Waals surface area (Å²) in [6, 6.07) is 15.9. The maximum absolute atomic E-state index is 13.9. The minimum Gasteiger partial charge on any atom is -0.453 e. The van der Waals surface area contributed by atoms with Crippen molar-refractivity contribution in [2.45, 2.75) is 57.0 Å². The third-order valence-corrected chi connectivity index (χ3v) is 9.40. The lowest BCUT2D eigenvalue weighted by Gasteiger charge is -2.30. The van der Waals surface area contributed by atoms with Crippen LogP contribution in [0.25, 0.3) is 33.6 Å². The molecular weight excluding hydrogens is 598 g/mol. The van der Waals surface area contributed by atoms with Crippen molar-refractivity contribution in [3.8, 4) is 33.6 Å². The van der Waals surface area contributed by atoms with Crippen LogP contribution >= 0.6 is 0 Å². The van der Waals surface area contributed by atoms with Gasteiger partial charge < -0.3 is 39.7 Å². The fourth-order valence-electron chi connectivity index (χ4n) is 6.81. The Morgan fingerprint density at radius 1 is 0.915 bits per heavy atom. The molecule has 0 saturated carbocycles. The summed E-state index contributed by atoms with van der Waals surface area (Å²) in [7, 11) is 1.28. The minimum atomic E-state index is -0.899. The molecule has 2 aromatic carbocycles.